The molecule has 4 rings (SSSR count). The monoisotopic (exact) mass is 363 g/mol. The number of fused-ring (bicyclic) bond motifs is 1. The average Bonchev–Trinajstić information content (AvgIpc) is 2.73. The first-order chi connectivity index (χ1) is 13.2. The summed E-state index contributed by atoms with van der Waals surface area (Å²) < 4.78 is 12.2. The van der Waals surface area contributed by atoms with E-state index in [0.29, 0.717) is 36.9 Å². The largest absolute Gasteiger partial charge is 0.486 e. The number of carbonyl (C=O) groups is 1. The summed E-state index contributed by atoms with van der Waals surface area (Å²) in [6.45, 7) is 1.35. The van der Waals surface area contributed by atoms with E-state index < -0.39 is 0 Å². The summed E-state index contributed by atoms with van der Waals surface area (Å²) in [4.78, 5) is 24.5. The molecule has 3 aromatic rings. The molecule has 0 unspecified atom stereocenters. The fourth-order valence-electron chi connectivity index (χ4n) is 2.76. The molecule has 1 aliphatic heterocycles. The Hall–Kier alpha value is -3.61. The molecule has 2 aromatic carbocycles. The second kappa shape index (κ2) is 7.33. The number of hydrogen-bond acceptors (Lipinski definition) is 5. The van der Waals surface area contributed by atoms with Gasteiger partial charge in [0.2, 0.25) is 0 Å². The highest BCUT2D eigenvalue weighted by Crippen LogP contribution is 2.30. The Morgan fingerprint density at radius 3 is 2.59 bits per heavy atom. The van der Waals surface area contributed by atoms with E-state index in [4.69, 9.17) is 9.47 Å². The Bertz CT molecular complexity index is 1030. The third-order valence-electron chi connectivity index (χ3n) is 4.09. The van der Waals surface area contributed by atoms with E-state index in [1.807, 2.05) is 24.3 Å². The number of benzene rings is 2. The molecule has 0 saturated carbocycles. The van der Waals surface area contributed by atoms with Crippen LogP contribution in [0.4, 0.5) is 0 Å². The number of carbonyl (C=O) groups excluding carboxylic acids is 1. The summed E-state index contributed by atoms with van der Waals surface area (Å²) in [5.74, 6) is 1.01. The van der Waals surface area contributed by atoms with E-state index >= 15 is 0 Å². The van der Waals surface area contributed by atoms with Gasteiger partial charge < -0.3 is 14.8 Å². The maximum absolute atomic E-state index is 12.5. The summed E-state index contributed by atoms with van der Waals surface area (Å²) in [6.07, 6.45) is 0. The number of nitrogens with one attached hydrogen (secondary N) is 1. The number of rotatable bonds is 4. The van der Waals surface area contributed by atoms with Gasteiger partial charge >= 0.3 is 0 Å². The molecule has 1 aromatic heterocycles. The lowest BCUT2D eigenvalue weighted by Crippen LogP contribution is -2.28. The van der Waals surface area contributed by atoms with Crippen molar-refractivity contribution in [3.63, 3.8) is 0 Å². The van der Waals surface area contributed by atoms with E-state index in [9.17, 15) is 9.59 Å². The molecule has 0 atom stereocenters. The zero-order valence-electron chi connectivity index (χ0n) is 14.4. The van der Waals surface area contributed by atoms with Gasteiger partial charge in [0, 0.05) is 12.6 Å². The Balaban J connectivity index is 1.50. The van der Waals surface area contributed by atoms with Crippen molar-refractivity contribution in [2.75, 3.05) is 13.2 Å². The molecule has 1 amide bonds. The molecular weight excluding hydrogens is 346 g/mol. The summed E-state index contributed by atoms with van der Waals surface area (Å²) in [6, 6.07) is 17.2. The zero-order valence-corrected chi connectivity index (χ0v) is 14.4. The van der Waals surface area contributed by atoms with E-state index in [1.54, 1.807) is 24.3 Å². The first-order valence-corrected chi connectivity index (χ1v) is 8.53. The Kier molecular flexibility index (Phi) is 4.57. The summed E-state index contributed by atoms with van der Waals surface area (Å²) in [7, 11) is 0. The fourth-order valence-corrected chi connectivity index (χ4v) is 2.76. The van der Waals surface area contributed by atoms with Crippen LogP contribution >= 0.6 is 0 Å². The lowest BCUT2D eigenvalue weighted by atomic mass is 10.2. The van der Waals surface area contributed by atoms with E-state index in [1.165, 1.54) is 16.8 Å². The molecule has 0 fully saturated rings. The van der Waals surface area contributed by atoms with Gasteiger partial charge in [0.25, 0.3) is 11.5 Å². The second-order valence-corrected chi connectivity index (χ2v) is 5.96. The van der Waals surface area contributed by atoms with Crippen molar-refractivity contribution in [2.45, 2.75) is 6.54 Å². The molecule has 0 radical (unpaired) electrons. The SMILES string of the molecule is O=C(NCc1ccc2c(c1)OCCO2)c1ccc(=O)n(-c2ccccc2)n1. The van der Waals surface area contributed by atoms with Crippen molar-refractivity contribution in [1.29, 1.82) is 0 Å². The highest BCUT2D eigenvalue weighted by Gasteiger charge is 2.13. The number of nitrogens with zero attached hydrogens (tertiary/aromatic N) is 2. The van der Waals surface area contributed by atoms with Crippen LogP contribution in [-0.2, 0) is 6.54 Å². The smallest absolute Gasteiger partial charge is 0.272 e. The van der Waals surface area contributed by atoms with Gasteiger partial charge in [-0.2, -0.15) is 9.78 Å². The highest BCUT2D eigenvalue weighted by molar-refractivity contribution is 5.92. The van der Waals surface area contributed by atoms with E-state index in [2.05, 4.69) is 10.4 Å². The first kappa shape index (κ1) is 16.8. The second-order valence-electron chi connectivity index (χ2n) is 5.96. The summed E-state index contributed by atoms with van der Waals surface area (Å²) >= 11 is 0. The molecule has 2 heterocycles. The number of amides is 1. The molecule has 0 aliphatic carbocycles. The lowest BCUT2D eigenvalue weighted by molar-refractivity contribution is 0.0944. The van der Waals surface area contributed by atoms with Crippen LogP contribution in [0.1, 0.15) is 16.1 Å². The first-order valence-electron chi connectivity index (χ1n) is 8.53. The molecule has 0 bridgehead atoms. The van der Waals surface area contributed by atoms with Crippen molar-refractivity contribution in [2.24, 2.45) is 0 Å². The van der Waals surface area contributed by atoms with Gasteiger partial charge in [-0.15, -0.1) is 0 Å². The van der Waals surface area contributed by atoms with Crippen molar-refractivity contribution in [3.8, 4) is 17.2 Å². The predicted octanol–water partition coefficient (Wildman–Crippen LogP) is 1.93. The quantitative estimate of drug-likeness (QED) is 0.766. The molecule has 0 saturated heterocycles. The molecule has 7 nitrogen and oxygen atoms in total. The van der Waals surface area contributed by atoms with Crippen molar-refractivity contribution in [1.82, 2.24) is 15.1 Å². The minimum atomic E-state index is -0.366. The molecular formula is C20H17N3O4. The molecule has 0 spiro atoms. The van der Waals surface area contributed by atoms with Gasteiger partial charge in [-0.25, -0.2) is 0 Å². The summed E-state index contributed by atoms with van der Waals surface area (Å²) in [5, 5.41) is 6.98. The van der Waals surface area contributed by atoms with Crippen molar-refractivity contribution in [3.05, 3.63) is 82.3 Å². The van der Waals surface area contributed by atoms with E-state index in [0.717, 1.165) is 5.56 Å². The van der Waals surface area contributed by atoms with Crippen LogP contribution in [0.15, 0.2) is 65.5 Å². The van der Waals surface area contributed by atoms with Crippen molar-refractivity contribution >= 4 is 5.91 Å². The molecule has 1 aliphatic rings. The average molecular weight is 363 g/mol. The number of aromatic nitrogens is 2. The maximum atomic E-state index is 12.5. The van der Waals surface area contributed by atoms with Crippen LogP contribution in [0.2, 0.25) is 0 Å². The lowest BCUT2D eigenvalue weighted by Gasteiger charge is -2.19. The third kappa shape index (κ3) is 3.67. The van der Waals surface area contributed by atoms with Crippen LogP contribution in [0, 0.1) is 0 Å². The molecule has 27 heavy (non-hydrogen) atoms. The van der Waals surface area contributed by atoms with Gasteiger partial charge in [0.05, 0.1) is 5.69 Å². The number of para-hydroxylation sites is 1. The Morgan fingerprint density at radius 1 is 1.00 bits per heavy atom. The fraction of sp³-hybridized carbons (Fsp3) is 0.150. The minimum Gasteiger partial charge on any atom is -0.486 e. The van der Waals surface area contributed by atoms with Crippen LogP contribution in [-0.4, -0.2) is 28.9 Å². The topological polar surface area (TPSA) is 82.5 Å². The van der Waals surface area contributed by atoms with Crippen LogP contribution in [0.25, 0.3) is 5.69 Å². The molecule has 1 N–H and O–H groups in total. The highest BCUT2D eigenvalue weighted by atomic mass is 16.6. The van der Waals surface area contributed by atoms with Gasteiger partial charge in [0.1, 0.15) is 18.9 Å². The molecule has 7 heteroatoms. The standard InChI is InChI=1S/C20H17N3O4/c24-19-9-7-16(22-23(19)15-4-2-1-3-5-15)20(25)21-13-14-6-8-17-18(12-14)27-11-10-26-17/h1-9,12H,10-11,13H2,(H,21,25). The Morgan fingerprint density at radius 2 is 1.78 bits per heavy atom. The van der Waals surface area contributed by atoms with Crippen molar-refractivity contribution < 1.29 is 14.3 Å². The summed E-state index contributed by atoms with van der Waals surface area (Å²) in [5.41, 5.74) is 1.34. The van der Waals surface area contributed by atoms with Crippen LogP contribution in [0.5, 0.6) is 11.5 Å². The normalized spacial score (nSPS) is 12.4. The zero-order chi connectivity index (χ0) is 18.6. The van der Waals surface area contributed by atoms with E-state index in [-0.39, 0.29) is 17.2 Å². The number of hydrogen-bond donors (Lipinski definition) is 1. The van der Waals surface area contributed by atoms with Gasteiger partial charge in [-0.1, -0.05) is 24.3 Å². The van der Waals surface area contributed by atoms with Crippen LogP contribution < -0.4 is 20.3 Å². The predicted molar refractivity (Wildman–Crippen MR) is 98.4 cm³/mol. The Labute approximate surface area is 155 Å². The van der Waals surface area contributed by atoms with Gasteiger partial charge in [0.15, 0.2) is 11.5 Å². The molecule has 136 valence electrons. The number of ether oxygens (including phenoxy) is 2. The van der Waals surface area contributed by atoms with Gasteiger partial charge in [-0.05, 0) is 35.9 Å². The maximum Gasteiger partial charge on any atom is 0.272 e. The minimum absolute atomic E-state index is 0.163. The van der Waals surface area contributed by atoms with Gasteiger partial charge in [-0.3, -0.25) is 9.59 Å². The van der Waals surface area contributed by atoms with Crippen LogP contribution in [0.3, 0.4) is 0 Å². The third-order valence-corrected chi connectivity index (χ3v) is 4.09.